The van der Waals surface area contributed by atoms with Crippen LogP contribution in [-0.4, -0.2) is 6.67 Å². The topological polar surface area (TPSA) is 0 Å². The van der Waals surface area contributed by atoms with Crippen molar-refractivity contribution >= 4 is 0 Å². The molecule has 3 aliphatic rings. The Hall–Kier alpha value is -0.850. The molecular weight excluding hydrogens is 415 g/mol. The first kappa shape index (κ1) is 26.2. The summed E-state index contributed by atoms with van der Waals surface area (Å²) in [4.78, 5) is 0. The first-order chi connectivity index (χ1) is 16.7. The molecule has 0 spiro atoms. The molecule has 1 aromatic rings. The van der Waals surface area contributed by atoms with Crippen LogP contribution in [0.15, 0.2) is 24.3 Å². The molecule has 1 heteroatoms. The van der Waals surface area contributed by atoms with Crippen LogP contribution in [-0.2, 0) is 6.42 Å². The molecule has 0 aliphatic heterocycles. The summed E-state index contributed by atoms with van der Waals surface area (Å²) >= 11 is 0. The summed E-state index contributed by atoms with van der Waals surface area (Å²) in [6.45, 7) is 2.15. The minimum Gasteiger partial charge on any atom is -0.251 e. The number of alkyl halides is 1. The second-order valence-electron chi connectivity index (χ2n) is 12.5. The quantitative estimate of drug-likeness (QED) is 0.283. The van der Waals surface area contributed by atoms with Crippen LogP contribution in [0.4, 0.5) is 4.39 Å². The summed E-state index contributed by atoms with van der Waals surface area (Å²) in [6.07, 6.45) is 26.3. The maximum atomic E-state index is 12.3. The highest BCUT2D eigenvalue weighted by molar-refractivity contribution is 5.26. The van der Waals surface area contributed by atoms with E-state index in [1.165, 1.54) is 115 Å². The van der Waals surface area contributed by atoms with E-state index >= 15 is 0 Å². The van der Waals surface area contributed by atoms with Crippen molar-refractivity contribution in [2.24, 2.45) is 29.6 Å². The lowest BCUT2D eigenvalue weighted by Gasteiger charge is -2.38. The van der Waals surface area contributed by atoms with E-state index in [0.717, 1.165) is 48.3 Å². The average molecular weight is 469 g/mol. The van der Waals surface area contributed by atoms with E-state index in [-0.39, 0.29) is 6.67 Å². The molecule has 0 amide bonds. The summed E-state index contributed by atoms with van der Waals surface area (Å²) in [6, 6.07) is 9.63. The predicted molar refractivity (Wildman–Crippen MR) is 145 cm³/mol. The van der Waals surface area contributed by atoms with Crippen molar-refractivity contribution in [1.82, 2.24) is 0 Å². The minimum absolute atomic E-state index is 0.119. The summed E-state index contributed by atoms with van der Waals surface area (Å²) in [5.41, 5.74) is 3.12. The molecular formula is C33H53F. The molecule has 3 aliphatic carbocycles. The highest BCUT2D eigenvalue weighted by Crippen LogP contribution is 2.45. The molecule has 0 radical (unpaired) electrons. The zero-order chi connectivity index (χ0) is 23.6. The Kier molecular flexibility index (Phi) is 10.8. The lowest BCUT2D eigenvalue weighted by Crippen LogP contribution is -2.25. The molecule has 0 bridgehead atoms. The first-order valence-electron chi connectivity index (χ1n) is 15.4. The highest BCUT2D eigenvalue weighted by Gasteiger charge is 2.31. The molecule has 0 aromatic heterocycles. The van der Waals surface area contributed by atoms with Crippen molar-refractivity contribution in [3.63, 3.8) is 0 Å². The molecule has 1 aromatic carbocycles. The van der Waals surface area contributed by atoms with Gasteiger partial charge in [-0.2, -0.15) is 0 Å². The van der Waals surface area contributed by atoms with Gasteiger partial charge in [0.05, 0.1) is 6.67 Å². The van der Waals surface area contributed by atoms with Gasteiger partial charge in [-0.15, -0.1) is 0 Å². The van der Waals surface area contributed by atoms with Crippen LogP contribution in [0.25, 0.3) is 0 Å². The monoisotopic (exact) mass is 468 g/mol. The van der Waals surface area contributed by atoms with Crippen LogP contribution in [0.1, 0.15) is 140 Å². The number of benzene rings is 1. The second-order valence-corrected chi connectivity index (χ2v) is 12.5. The number of rotatable bonds is 11. The molecule has 4 rings (SSSR count). The van der Waals surface area contributed by atoms with Crippen LogP contribution in [0.5, 0.6) is 0 Å². The van der Waals surface area contributed by atoms with E-state index in [0.29, 0.717) is 0 Å². The van der Waals surface area contributed by atoms with Crippen LogP contribution < -0.4 is 0 Å². The number of hydrogen-bond acceptors (Lipinski definition) is 0. The molecule has 0 unspecified atom stereocenters. The smallest absolute Gasteiger partial charge is 0.0894 e. The molecule has 0 heterocycles. The fourth-order valence-corrected chi connectivity index (χ4v) is 7.93. The van der Waals surface area contributed by atoms with E-state index in [2.05, 4.69) is 31.2 Å². The summed E-state index contributed by atoms with van der Waals surface area (Å²) in [7, 11) is 0. The maximum Gasteiger partial charge on any atom is 0.0894 e. The molecule has 0 nitrogen and oxygen atoms in total. The van der Waals surface area contributed by atoms with Gasteiger partial charge >= 0.3 is 0 Å². The van der Waals surface area contributed by atoms with Crippen LogP contribution >= 0.6 is 0 Å². The number of aryl methyl sites for hydroxylation is 1. The van der Waals surface area contributed by atoms with Gasteiger partial charge in [0.15, 0.2) is 0 Å². The van der Waals surface area contributed by atoms with E-state index in [4.69, 9.17) is 0 Å². The molecule has 0 saturated heterocycles. The third kappa shape index (κ3) is 7.83. The lowest BCUT2D eigenvalue weighted by molar-refractivity contribution is 0.149. The summed E-state index contributed by atoms with van der Waals surface area (Å²) < 4.78 is 12.3. The standard InChI is InChI=1S/C33H53F/c1-2-5-26-13-17-30(18-14-26)32-21-23-33(24-22-32)31-19-15-29(16-20-31)12-11-28-9-7-27(8-10-28)6-3-4-25-34/h13-14,17-18,27-29,31-33H,2-12,15-16,19-25H2,1H3. The summed E-state index contributed by atoms with van der Waals surface area (Å²) in [5.74, 6) is 5.81. The van der Waals surface area contributed by atoms with E-state index in [9.17, 15) is 4.39 Å². The Morgan fingerprint density at radius 2 is 1.12 bits per heavy atom. The van der Waals surface area contributed by atoms with Gasteiger partial charge < -0.3 is 0 Å². The Balaban J connectivity index is 1.09. The van der Waals surface area contributed by atoms with Gasteiger partial charge in [-0.05, 0) is 98.0 Å². The lowest BCUT2D eigenvalue weighted by atomic mass is 9.67. The highest BCUT2D eigenvalue weighted by atomic mass is 19.1. The first-order valence-corrected chi connectivity index (χ1v) is 15.4. The second kappa shape index (κ2) is 14.0. The fraction of sp³-hybridized carbons (Fsp3) is 0.818. The SMILES string of the molecule is CCCc1ccc(C2CCC(C3CCC(CCC4CCC(CCCCF)CC4)CC3)CC2)cc1. The number of unbranched alkanes of at least 4 members (excludes halogenated alkanes) is 1. The van der Waals surface area contributed by atoms with Crippen LogP contribution in [0.2, 0.25) is 0 Å². The molecule has 3 saturated carbocycles. The van der Waals surface area contributed by atoms with Crippen molar-refractivity contribution in [3.05, 3.63) is 35.4 Å². The van der Waals surface area contributed by atoms with Crippen molar-refractivity contribution in [1.29, 1.82) is 0 Å². The van der Waals surface area contributed by atoms with E-state index < -0.39 is 0 Å². The molecule has 192 valence electrons. The molecule has 0 N–H and O–H groups in total. The van der Waals surface area contributed by atoms with Gasteiger partial charge in [-0.1, -0.05) is 102 Å². The van der Waals surface area contributed by atoms with Crippen molar-refractivity contribution in [3.8, 4) is 0 Å². The van der Waals surface area contributed by atoms with Gasteiger partial charge in [0.2, 0.25) is 0 Å². The van der Waals surface area contributed by atoms with Crippen LogP contribution in [0, 0.1) is 29.6 Å². The Morgan fingerprint density at radius 3 is 1.65 bits per heavy atom. The van der Waals surface area contributed by atoms with Gasteiger partial charge in [-0.25, -0.2) is 0 Å². The third-order valence-corrected chi connectivity index (χ3v) is 10.3. The van der Waals surface area contributed by atoms with Crippen molar-refractivity contribution < 1.29 is 4.39 Å². The Labute approximate surface area is 210 Å². The maximum absolute atomic E-state index is 12.3. The van der Waals surface area contributed by atoms with Gasteiger partial charge in [0.25, 0.3) is 0 Å². The van der Waals surface area contributed by atoms with Gasteiger partial charge in [0.1, 0.15) is 0 Å². The van der Waals surface area contributed by atoms with Gasteiger partial charge in [0, 0.05) is 0 Å². The fourth-order valence-electron chi connectivity index (χ4n) is 7.93. The number of hydrogen-bond donors (Lipinski definition) is 0. The minimum atomic E-state index is -0.119. The average Bonchev–Trinajstić information content (AvgIpc) is 2.89. The molecule has 3 fully saturated rings. The molecule has 34 heavy (non-hydrogen) atoms. The van der Waals surface area contributed by atoms with Gasteiger partial charge in [-0.3, -0.25) is 4.39 Å². The van der Waals surface area contributed by atoms with Crippen molar-refractivity contribution in [2.75, 3.05) is 6.67 Å². The van der Waals surface area contributed by atoms with E-state index in [1.807, 2.05) is 0 Å². The zero-order valence-electron chi connectivity index (χ0n) is 22.3. The normalized spacial score (nSPS) is 32.5. The zero-order valence-corrected chi connectivity index (χ0v) is 22.3. The predicted octanol–water partition coefficient (Wildman–Crippen LogP) is 10.4. The van der Waals surface area contributed by atoms with Crippen molar-refractivity contribution in [2.45, 2.75) is 135 Å². The van der Waals surface area contributed by atoms with Crippen LogP contribution in [0.3, 0.4) is 0 Å². The van der Waals surface area contributed by atoms with E-state index in [1.54, 1.807) is 5.56 Å². The molecule has 0 atom stereocenters. The number of halogens is 1. The largest absolute Gasteiger partial charge is 0.251 e. The Morgan fingerprint density at radius 1 is 0.618 bits per heavy atom. The Bertz CT molecular complexity index is 654. The summed E-state index contributed by atoms with van der Waals surface area (Å²) in [5, 5.41) is 0. The third-order valence-electron chi connectivity index (χ3n) is 10.3.